The maximum absolute atomic E-state index is 5.52. The van der Waals surface area contributed by atoms with Crippen LogP contribution < -0.4 is 10.6 Å². The molecule has 4 nitrogen and oxygen atoms in total. The first-order chi connectivity index (χ1) is 10.1. The van der Waals surface area contributed by atoms with Crippen LogP contribution in [0.15, 0.2) is 4.99 Å². The van der Waals surface area contributed by atoms with E-state index in [-0.39, 0.29) is 28.7 Å². The highest BCUT2D eigenvalue weighted by atomic mass is 127. The Morgan fingerprint density at radius 3 is 2.45 bits per heavy atom. The van der Waals surface area contributed by atoms with Gasteiger partial charge >= 0.3 is 0 Å². The summed E-state index contributed by atoms with van der Waals surface area (Å²) in [6.07, 6.45) is 3.40. The van der Waals surface area contributed by atoms with E-state index in [9.17, 15) is 0 Å². The average Bonchev–Trinajstić information content (AvgIpc) is 2.46. The molecule has 1 fully saturated rings. The highest BCUT2D eigenvalue weighted by molar-refractivity contribution is 14.0. The predicted molar refractivity (Wildman–Crippen MR) is 110 cm³/mol. The Morgan fingerprint density at radius 1 is 1.23 bits per heavy atom. The average molecular weight is 443 g/mol. The molecule has 0 spiro atoms. The normalized spacial score (nSPS) is 18.0. The number of halogens is 1. The van der Waals surface area contributed by atoms with Crippen molar-refractivity contribution in [3.8, 4) is 0 Å². The zero-order valence-corrected chi connectivity index (χ0v) is 17.8. The highest BCUT2D eigenvalue weighted by Crippen LogP contribution is 2.35. The minimum atomic E-state index is 0. The fraction of sp³-hybridized carbons (Fsp3) is 0.938. The lowest BCUT2D eigenvalue weighted by molar-refractivity contribution is 0.0793. The maximum Gasteiger partial charge on any atom is 0.191 e. The van der Waals surface area contributed by atoms with E-state index >= 15 is 0 Å². The molecule has 0 aliphatic carbocycles. The van der Waals surface area contributed by atoms with Crippen molar-refractivity contribution in [3.05, 3.63) is 0 Å². The lowest BCUT2D eigenvalue weighted by Gasteiger charge is -2.35. The van der Waals surface area contributed by atoms with Gasteiger partial charge in [0.2, 0.25) is 0 Å². The van der Waals surface area contributed by atoms with Gasteiger partial charge < -0.3 is 15.4 Å². The molecule has 0 amide bonds. The Labute approximate surface area is 158 Å². The molecule has 6 heteroatoms. The van der Waals surface area contributed by atoms with Gasteiger partial charge in [-0.1, -0.05) is 20.8 Å². The van der Waals surface area contributed by atoms with Crippen LogP contribution in [-0.4, -0.2) is 49.3 Å². The summed E-state index contributed by atoms with van der Waals surface area (Å²) in [4.78, 5) is 4.84. The summed E-state index contributed by atoms with van der Waals surface area (Å²) >= 11 is 2.05. The molecule has 0 radical (unpaired) electrons. The van der Waals surface area contributed by atoms with Gasteiger partial charge in [-0.25, -0.2) is 0 Å². The Bertz CT molecular complexity index is 302. The molecule has 1 aliphatic rings. The molecule has 2 N–H and O–H groups in total. The van der Waals surface area contributed by atoms with Crippen molar-refractivity contribution in [2.45, 2.75) is 51.7 Å². The van der Waals surface area contributed by atoms with Gasteiger partial charge in [0.15, 0.2) is 5.96 Å². The van der Waals surface area contributed by atoms with Crippen LogP contribution >= 0.6 is 35.7 Å². The number of nitrogens with zero attached hydrogens (tertiary/aromatic N) is 1. The number of aliphatic imine (C=N–C) groups is 1. The van der Waals surface area contributed by atoms with Crippen molar-refractivity contribution < 1.29 is 4.74 Å². The fourth-order valence-electron chi connectivity index (χ4n) is 2.44. The summed E-state index contributed by atoms with van der Waals surface area (Å²) in [6.45, 7) is 13.4. The first-order valence-corrected chi connectivity index (χ1v) is 9.34. The molecule has 1 rings (SSSR count). The number of hydrogen-bond acceptors (Lipinski definition) is 3. The van der Waals surface area contributed by atoms with Crippen molar-refractivity contribution in [2.75, 3.05) is 38.6 Å². The predicted octanol–water partition coefficient (Wildman–Crippen LogP) is 3.51. The van der Waals surface area contributed by atoms with Crippen LogP contribution in [-0.2, 0) is 4.74 Å². The van der Waals surface area contributed by atoms with E-state index in [4.69, 9.17) is 9.73 Å². The second kappa shape index (κ2) is 12.7. The standard InChI is InChI=1S/C16H33N3OS.HI/c1-5-17-15(18-10-7-14(3)4)19-13-16(21-6-2)8-11-20-12-9-16;/h14H,5-13H2,1-4H3,(H2,17,18,19);1H. The minimum Gasteiger partial charge on any atom is -0.381 e. The van der Waals surface area contributed by atoms with Gasteiger partial charge in [0, 0.05) is 31.1 Å². The number of nitrogens with one attached hydrogen (secondary N) is 2. The van der Waals surface area contributed by atoms with Crippen LogP contribution in [0.25, 0.3) is 0 Å². The number of thioether (sulfide) groups is 1. The largest absolute Gasteiger partial charge is 0.381 e. The van der Waals surface area contributed by atoms with Crippen LogP contribution in [0.1, 0.15) is 47.0 Å². The molecule has 1 saturated heterocycles. The third kappa shape index (κ3) is 8.82. The molecule has 22 heavy (non-hydrogen) atoms. The van der Waals surface area contributed by atoms with Crippen LogP contribution in [0.3, 0.4) is 0 Å². The third-order valence-electron chi connectivity index (χ3n) is 3.74. The first kappa shape index (κ1) is 22.3. The van der Waals surface area contributed by atoms with Crippen molar-refractivity contribution >= 4 is 41.7 Å². The zero-order chi connectivity index (χ0) is 15.6. The van der Waals surface area contributed by atoms with E-state index in [1.54, 1.807) is 0 Å². The Kier molecular flexibility index (Phi) is 12.9. The van der Waals surface area contributed by atoms with Crippen molar-refractivity contribution in [3.63, 3.8) is 0 Å². The van der Waals surface area contributed by atoms with E-state index in [1.807, 2.05) is 11.8 Å². The molecule has 1 aliphatic heterocycles. The van der Waals surface area contributed by atoms with Crippen LogP contribution in [0.5, 0.6) is 0 Å². The Morgan fingerprint density at radius 2 is 1.91 bits per heavy atom. The molecule has 0 atom stereocenters. The van der Waals surface area contributed by atoms with Crippen LogP contribution in [0.4, 0.5) is 0 Å². The molecule has 132 valence electrons. The summed E-state index contributed by atoms with van der Waals surface area (Å²) in [5.74, 6) is 2.82. The lowest BCUT2D eigenvalue weighted by atomic mass is 9.99. The van der Waals surface area contributed by atoms with Crippen LogP contribution in [0, 0.1) is 5.92 Å². The lowest BCUT2D eigenvalue weighted by Crippen LogP contribution is -2.41. The van der Waals surface area contributed by atoms with Crippen molar-refractivity contribution in [2.24, 2.45) is 10.9 Å². The fourth-order valence-corrected chi connectivity index (χ4v) is 3.67. The Hall–Kier alpha value is 0.310. The monoisotopic (exact) mass is 443 g/mol. The van der Waals surface area contributed by atoms with Crippen molar-refractivity contribution in [1.29, 1.82) is 0 Å². The summed E-state index contributed by atoms with van der Waals surface area (Å²) in [5, 5.41) is 6.80. The molecule has 0 aromatic heterocycles. The van der Waals surface area contributed by atoms with E-state index < -0.39 is 0 Å². The summed E-state index contributed by atoms with van der Waals surface area (Å²) in [5.41, 5.74) is 0. The second-order valence-electron chi connectivity index (χ2n) is 6.03. The van der Waals surface area contributed by atoms with Gasteiger partial charge in [-0.05, 0) is 37.9 Å². The van der Waals surface area contributed by atoms with E-state index in [2.05, 4.69) is 38.3 Å². The topological polar surface area (TPSA) is 45.7 Å². The second-order valence-corrected chi connectivity index (χ2v) is 7.76. The molecule has 0 saturated carbocycles. The number of ether oxygens (including phenoxy) is 1. The van der Waals surface area contributed by atoms with Gasteiger partial charge in [0.05, 0.1) is 6.54 Å². The zero-order valence-electron chi connectivity index (χ0n) is 14.6. The SMILES string of the molecule is CCNC(=NCC1(SCC)CCOCC1)NCCC(C)C.I. The van der Waals surface area contributed by atoms with E-state index in [0.717, 1.165) is 63.3 Å². The van der Waals surface area contributed by atoms with Gasteiger partial charge in [-0.2, -0.15) is 11.8 Å². The molecule has 0 aromatic rings. The van der Waals surface area contributed by atoms with E-state index in [1.165, 1.54) is 6.42 Å². The minimum absolute atomic E-state index is 0. The number of guanidine groups is 1. The molecular weight excluding hydrogens is 409 g/mol. The number of rotatable bonds is 8. The molecular formula is C16H34IN3OS. The summed E-state index contributed by atoms with van der Waals surface area (Å²) in [6, 6.07) is 0. The molecule has 0 bridgehead atoms. The van der Waals surface area contributed by atoms with Crippen molar-refractivity contribution in [1.82, 2.24) is 10.6 Å². The maximum atomic E-state index is 5.52. The van der Waals surface area contributed by atoms with E-state index in [0.29, 0.717) is 0 Å². The molecule has 0 unspecified atom stereocenters. The van der Waals surface area contributed by atoms with Gasteiger partial charge in [0.1, 0.15) is 0 Å². The first-order valence-electron chi connectivity index (χ1n) is 8.35. The van der Waals surface area contributed by atoms with Gasteiger partial charge in [0.25, 0.3) is 0 Å². The highest BCUT2D eigenvalue weighted by Gasteiger charge is 2.32. The van der Waals surface area contributed by atoms with Gasteiger partial charge in [-0.15, -0.1) is 24.0 Å². The van der Waals surface area contributed by atoms with Gasteiger partial charge in [-0.3, -0.25) is 4.99 Å². The van der Waals surface area contributed by atoms with Crippen LogP contribution in [0.2, 0.25) is 0 Å². The quantitative estimate of drug-likeness (QED) is 0.343. The molecule has 0 aromatic carbocycles. The Balaban J connectivity index is 0.00000441. The summed E-state index contributed by atoms with van der Waals surface area (Å²) < 4.78 is 5.79. The third-order valence-corrected chi connectivity index (χ3v) is 5.18. The molecule has 1 heterocycles. The number of hydrogen-bond donors (Lipinski definition) is 2. The summed E-state index contributed by atoms with van der Waals surface area (Å²) in [7, 11) is 0. The smallest absolute Gasteiger partial charge is 0.191 e.